The van der Waals surface area contributed by atoms with E-state index in [-0.39, 0.29) is 34.8 Å². The van der Waals surface area contributed by atoms with Crippen LogP contribution in [0.25, 0.3) is 0 Å². The number of carbonyl (C=O) groups excluding carboxylic acids is 1. The predicted octanol–water partition coefficient (Wildman–Crippen LogP) is 1.42. The van der Waals surface area contributed by atoms with Crippen LogP contribution in [0, 0.1) is 0 Å². The van der Waals surface area contributed by atoms with Gasteiger partial charge in [-0.3, -0.25) is 4.79 Å². The number of benzene rings is 1. The summed E-state index contributed by atoms with van der Waals surface area (Å²) in [5.41, 5.74) is 0.217. The third-order valence-corrected chi connectivity index (χ3v) is 5.56. The molecule has 0 atom stereocenters. The molecule has 0 saturated carbocycles. The van der Waals surface area contributed by atoms with Crippen LogP contribution >= 0.6 is 0 Å². The zero-order chi connectivity index (χ0) is 17.7. The normalized spacial score (nSPS) is 16.3. The zero-order valence-corrected chi connectivity index (χ0v) is 14.6. The summed E-state index contributed by atoms with van der Waals surface area (Å²) in [4.78, 5) is 14.0. The Bertz CT molecular complexity index is 661. The van der Waals surface area contributed by atoms with E-state index in [0.29, 0.717) is 32.4 Å². The van der Waals surface area contributed by atoms with E-state index < -0.39 is 10.0 Å². The molecule has 0 unspecified atom stereocenters. The van der Waals surface area contributed by atoms with Gasteiger partial charge in [0.15, 0.2) is 0 Å². The third kappa shape index (κ3) is 5.10. The van der Waals surface area contributed by atoms with Gasteiger partial charge in [0.2, 0.25) is 10.0 Å². The molecule has 8 heteroatoms. The van der Waals surface area contributed by atoms with Crippen molar-refractivity contribution >= 4 is 15.9 Å². The Morgan fingerprint density at radius 3 is 2.33 bits per heavy atom. The lowest BCUT2D eigenvalue weighted by molar-refractivity contribution is 0.0710. The Balaban J connectivity index is 1.91. The Hall–Kier alpha value is -1.80. The van der Waals surface area contributed by atoms with Crippen LogP contribution in [-0.2, 0) is 10.0 Å². The molecule has 134 valence electrons. The largest absolute Gasteiger partial charge is 0.508 e. The van der Waals surface area contributed by atoms with Gasteiger partial charge in [-0.2, -0.15) is 0 Å². The number of amides is 1. The summed E-state index contributed by atoms with van der Waals surface area (Å²) in [7, 11) is -3.26. The van der Waals surface area contributed by atoms with Gasteiger partial charge in [0, 0.05) is 30.8 Å². The topological polar surface area (TPSA) is 107 Å². The van der Waals surface area contributed by atoms with Crippen molar-refractivity contribution in [2.75, 3.05) is 18.8 Å². The van der Waals surface area contributed by atoms with E-state index in [9.17, 15) is 23.4 Å². The number of rotatable bonds is 6. The number of sulfonamides is 1. The van der Waals surface area contributed by atoms with Gasteiger partial charge in [-0.1, -0.05) is 13.3 Å². The van der Waals surface area contributed by atoms with E-state index in [0.717, 1.165) is 12.5 Å². The average Bonchev–Trinajstić information content (AvgIpc) is 2.52. The molecule has 0 aromatic heterocycles. The Morgan fingerprint density at radius 2 is 1.79 bits per heavy atom. The molecule has 7 nitrogen and oxygen atoms in total. The summed E-state index contributed by atoms with van der Waals surface area (Å²) < 4.78 is 26.5. The van der Waals surface area contributed by atoms with Gasteiger partial charge in [0.05, 0.1) is 5.75 Å². The van der Waals surface area contributed by atoms with E-state index in [1.807, 2.05) is 6.92 Å². The molecule has 2 rings (SSSR count). The first kappa shape index (κ1) is 18.5. The highest BCUT2D eigenvalue weighted by Crippen LogP contribution is 2.23. The van der Waals surface area contributed by atoms with Crippen LogP contribution in [0.15, 0.2) is 18.2 Å². The van der Waals surface area contributed by atoms with E-state index in [2.05, 4.69) is 4.72 Å². The number of carbonyl (C=O) groups is 1. The number of aromatic hydroxyl groups is 2. The minimum atomic E-state index is -3.26. The SMILES string of the molecule is CCCCS(=O)(=O)NC1CCN(C(=O)c2cc(O)cc(O)c2)CC1. The lowest BCUT2D eigenvalue weighted by Gasteiger charge is -2.32. The first-order chi connectivity index (χ1) is 11.3. The molecule has 0 spiro atoms. The maximum atomic E-state index is 12.4. The average molecular weight is 356 g/mol. The summed E-state index contributed by atoms with van der Waals surface area (Å²) in [6.07, 6.45) is 2.54. The fourth-order valence-electron chi connectivity index (χ4n) is 2.75. The number of piperidine rings is 1. The molecule has 0 radical (unpaired) electrons. The minimum absolute atomic E-state index is 0.130. The van der Waals surface area contributed by atoms with E-state index in [1.165, 1.54) is 12.1 Å². The van der Waals surface area contributed by atoms with Crippen LogP contribution < -0.4 is 4.72 Å². The van der Waals surface area contributed by atoms with Crippen molar-refractivity contribution in [1.82, 2.24) is 9.62 Å². The second kappa shape index (κ2) is 7.85. The highest BCUT2D eigenvalue weighted by atomic mass is 32.2. The molecule has 3 N–H and O–H groups in total. The molecular weight excluding hydrogens is 332 g/mol. The first-order valence-electron chi connectivity index (χ1n) is 8.13. The molecule has 1 aliphatic heterocycles. The summed E-state index contributed by atoms with van der Waals surface area (Å²) >= 11 is 0. The molecular formula is C16H24N2O5S. The molecule has 1 amide bonds. The minimum Gasteiger partial charge on any atom is -0.508 e. The lowest BCUT2D eigenvalue weighted by Crippen LogP contribution is -2.47. The van der Waals surface area contributed by atoms with Crippen molar-refractivity contribution in [2.24, 2.45) is 0 Å². The van der Waals surface area contributed by atoms with Crippen LogP contribution in [0.3, 0.4) is 0 Å². The van der Waals surface area contributed by atoms with Gasteiger partial charge < -0.3 is 15.1 Å². The Labute approximate surface area is 142 Å². The van der Waals surface area contributed by atoms with Crippen LogP contribution in [0.1, 0.15) is 43.0 Å². The van der Waals surface area contributed by atoms with Crippen LogP contribution in [0.2, 0.25) is 0 Å². The number of nitrogens with one attached hydrogen (secondary N) is 1. The maximum absolute atomic E-state index is 12.4. The fraction of sp³-hybridized carbons (Fsp3) is 0.562. The summed E-state index contributed by atoms with van der Waals surface area (Å²) in [5.74, 6) is -0.493. The molecule has 1 aromatic rings. The van der Waals surface area contributed by atoms with Gasteiger partial charge >= 0.3 is 0 Å². The second-order valence-corrected chi connectivity index (χ2v) is 7.97. The van der Waals surface area contributed by atoms with Gasteiger partial charge in [-0.05, 0) is 31.4 Å². The number of unbranched alkanes of at least 4 members (excludes halogenated alkanes) is 1. The molecule has 1 aromatic carbocycles. The van der Waals surface area contributed by atoms with E-state index >= 15 is 0 Å². The summed E-state index contributed by atoms with van der Waals surface area (Å²) in [6, 6.07) is 3.62. The molecule has 0 bridgehead atoms. The third-order valence-electron chi connectivity index (χ3n) is 4.04. The molecule has 1 fully saturated rings. The van der Waals surface area contributed by atoms with Crippen molar-refractivity contribution in [3.8, 4) is 11.5 Å². The zero-order valence-electron chi connectivity index (χ0n) is 13.7. The predicted molar refractivity (Wildman–Crippen MR) is 90.5 cm³/mol. The molecule has 1 saturated heterocycles. The number of phenols is 2. The highest BCUT2D eigenvalue weighted by molar-refractivity contribution is 7.89. The number of hydrogen-bond donors (Lipinski definition) is 3. The summed E-state index contributed by atoms with van der Waals surface area (Å²) in [5, 5.41) is 18.9. The van der Waals surface area contributed by atoms with Crippen LogP contribution in [-0.4, -0.2) is 54.3 Å². The second-order valence-electron chi connectivity index (χ2n) is 6.09. The molecule has 1 aliphatic rings. The number of likely N-dealkylation sites (tertiary alicyclic amines) is 1. The standard InChI is InChI=1S/C16H24N2O5S/c1-2-3-8-24(22,23)17-13-4-6-18(7-5-13)16(21)12-9-14(19)11-15(20)10-12/h9-11,13,17,19-20H,2-8H2,1H3. The van der Waals surface area contributed by atoms with Crippen LogP contribution in [0.4, 0.5) is 0 Å². The molecule has 1 heterocycles. The van der Waals surface area contributed by atoms with Crippen molar-refractivity contribution in [1.29, 1.82) is 0 Å². The van der Waals surface area contributed by atoms with Gasteiger partial charge in [0.1, 0.15) is 11.5 Å². The first-order valence-corrected chi connectivity index (χ1v) is 9.78. The van der Waals surface area contributed by atoms with E-state index in [1.54, 1.807) is 4.90 Å². The van der Waals surface area contributed by atoms with Gasteiger partial charge in [-0.25, -0.2) is 13.1 Å². The monoisotopic (exact) mass is 356 g/mol. The van der Waals surface area contributed by atoms with Gasteiger partial charge in [-0.15, -0.1) is 0 Å². The van der Waals surface area contributed by atoms with Crippen molar-refractivity contribution < 1.29 is 23.4 Å². The van der Waals surface area contributed by atoms with Crippen LogP contribution in [0.5, 0.6) is 11.5 Å². The highest BCUT2D eigenvalue weighted by Gasteiger charge is 2.26. The number of phenolic OH excluding ortho intramolecular Hbond substituents is 2. The Morgan fingerprint density at radius 1 is 1.21 bits per heavy atom. The van der Waals surface area contributed by atoms with Crippen molar-refractivity contribution in [3.05, 3.63) is 23.8 Å². The quantitative estimate of drug-likeness (QED) is 0.715. The van der Waals surface area contributed by atoms with E-state index in [4.69, 9.17) is 0 Å². The summed E-state index contributed by atoms with van der Waals surface area (Å²) in [6.45, 7) is 2.80. The smallest absolute Gasteiger partial charge is 0.254 e. The fourth-order valence-corrected chi connectivity index (χ4v) is 4.28. The van der Waals surface area contributed by atoms with Gasteiger partial charge in [0.25, 0.3) is 5.91 Å². The Kier molecular flexibility index (Phi) is 6.06. The molecule has 24 heavy (non-hydrogen) atoms. The number of hydrogen-bond acceptors (Lipinski definition) is 5. The van der Waals surface area contributed by atoms with Crippen molar-refractivity contribution in [2.45, 2.75) is 38.6 Å². The lowest BCUT2D eigenvalue weighted by atomic mass is 10.0. The van der Waals surface area contributed by atoms with Crippen molar-refractivity contribution in [3.63, 3.8) is 0 Å². The number of nitrogens with zero attached hydrogens (tertiary/aromatic N) is 1. The molecule has 0 aliphatic carbocycles. The maximum Gasteiger partial charge on any atom is 0.254 e.